The van der Waals surface area contributed by atoms with Gasteiger partial charge in [0.15, 0.2) is 0 Å². The van der Waals surface area contributed by atoms with E-state index in [-0.39, 0.29) is 29.8 Å². The van der Waals surface area contributed by atoms with Gasteiger partial charge in [0.2, 0.25) is 5.91 Å². The lowest BCUT2D eigenvalue weighted by molar-refractivity contribution is -0.125. The van der Waals surface area contributed by atoms with Crippen LogP contribution in [0.4, 0.5) is 4.79 Å². The minimum absolute atomic E-state index is 0.0427. The predicted octanol–water partition coefficient (Wildman–Crippen LogP) is 4.30. The van der Waals surface area contributed by atoms with Crippen LogP contribution in [0.25, 0.3) is 5.52 Å². The van der Waals surface area contributed by atoms with E-state index in [9.17, 15) is 9.59 Å². The van der Waals surface area contributed by atoms with Crippen LogP contribution >= 0.6 is 11.8 Å². The molecule has 5 rings (SSSR count). The van der Waals surface area contributed by atoms with Crippen molar-refractivity contribution in [2.75, 3.05) is 18.8 Å². The van der Waals surface area contributed by atoms with E-state index in [0.29, 0.717) is 13.1 Å². The molecule has 2 amide bonds. The number of amides is 2. The van der Waals surface area contributed by atoms with Crippen LogP contribution < -0.4 is 5.32 Å². The number of piperidine rings is 1. The van der Waals surface area contributed by atoms with Crippen molar-refractivity contribution in [3.63, 3.8) is 0 Å². The minimum atomic E-state index is -0.606. The summed E-state index contributed by atoms with van der Waals surface area (Å²) in [6, 6.07) is 4.21. The normalized spacial score (nSPS) is 24.6. The third kappa shape index (κ3) is 4.59. The number of carbonyl (C=O) groups excluding carboxylic acids is 2. The van der Waals surface area contributed by atoms with Crippen LogP contribution in [0.5, 0.6) is 0 Å². The first-order valence-electron chi connectivity index (χ1n) is 11.9. The van der Waals surface area contributed by atoms with Crippen molar-refractivity contribution in [1.29, 1.82) is 0 Å². The Morgan fingerprint density at radius 2 is 1.88 bits per heavy atom. The zero-order chi connectivity index (χ0) is 23.5. The standard InChI is InChI=1S/C25H34N4O3S/c1-24(2,3)32-23(31)28-12-16-17(13-28)20(16)21(30)27-25(4,5)22-26-11-18-19(7-6-10-29(18)22)33-14-15-8-9-15/h6-7,10-11,15-17,20H,8-9,12-14H2,1-5H3,(H,27,30)/t16-,17+,20+. The summed E-state index contributed by atoms with van der Waals surface area (Å²) in [5.41, 5.74) is -0.0179. The van der Waals surface area contributed by atoms with Crippen LogP contribution in [0.1, 0.15) is 53.3 Å². The summed E-state index contributed by atoms with van der Waals surface area (Å²) in [5.74, 6) is 3.30. The molecule has 1 aliphatic heterocycles. The smallest absolute Gasteiger partial charge is 0.410 e. The van der Waals surface area contributed by atoms with Crippen molar-refractivity contribution in [2.24, 2.45) is 23.7 Å². The molecule has 0 spiro atoms. The number of rotatable bonds is 6. The number of pyridine rings is 1. The Hall–Kier alpha value is -2.22. The van der Waals surface area contributed by atoms with Gasteiger partial charge in [0.1, 0.15) is 11.4 Å². The van der Waals surface area contributed by atoms with Crippen LogP contribution in [-0.2, 0) is 15.1 Å². The molecule has 0 bridgehead atoms. The van der Waals surface area contributed by atoms with Gasteiger partial charge in [-0.3, -0.25) is 4.79 Å². The molecule has 3 aliphatic rings. The fourth-order valence-corrected chi connectivity index (χ4v) is 6.13. The Morgan fingerprint density at radius 1 is 1.18 bits per heavy atom. The lowest BCUT2D eigenvalue weighted by atomic mass is 10.0. The van der Waals surface area contributed by atoms with E-state index in [0.717, 1.165) is 23.0 Å². The number of likely N-dealkylation sites (tertiary alicyclic amines) is 1. The molecule has 0 radical (unpaired) electrons. The van der Waals surface area contributed by atoms with Gasteiger partial charge >= 0.3 is 6.09 Å². The number of hydrogen-bond acceptors (Lipinski definition) is 5. The molecule has 0 unspecified atom stereocenters. The summed E-state index contributed by atoms with van der Waals surface area (Å²) in [7, 11) is 0. The van der Waals surface area contributed by atoms with E-state index < -0.39 is 11.1 Å². The highest BCUT2D eigenvalue weighted by Crippen LogP contribution is 2.52. The van der Waals surface area contributed by atoms with Crippen molar-refractivity contribution in [3.05, 3.63) is 30.4 Å². The molecule has 3 fully saturated rings. The summed E-state index contributed by atoms with van der Waals surface area (Å²) in [6.07, 6.45) is 6.35. The molecule has 3 atom stereocenters. The third-order valence-corrected chi connectivity index (χ3v) is 8.14. The second-order valence-electron chi connectivity index (χ2n) is 11.3. The second-order valence-corrected chi connectivity index (χ2v) is 12.4. The Morgan fingerprint density at radius 3 is 2.52 bits per heavy atom. The molecule has 0 aromatic carbocycles. The van der Waals surface area contributed by atoms with Crippen molar-refractivity contribution < 1.29 is 14.3 Å². The maximum absolute atomic E-state index is 13.1. The highest BCUT2D eigenvalue weighted by molar-refractivity contribution is 7.99. The SMILES string of the molecule is CC(C)(C)OC(=O)N1C[C@@H]2[C@H](C1)[C@H]2C(=O)NC(C)(C)c1ncc2c(SCC3CC3)cccn12. The van der Waals surface area contributed by atoms with Gasteiger partial charge < -0.3 is 19.4 Å². The Labute approximate surface area is 199 Å². The van der Waals surface area contributed by atoms with Crippen LogP contribution in [0.2, 0.25) is 0 Å². The molecule has 8 heteroatoms. The molecule has 178 valence electrons. The maximum Gasteiger partial charge on any atom is 0.410 e. The molecule has 7 nitrogen and oxygen atoms in total. The predicted molar refractivity (Wildman–Crippen MR) is 128 cm³/mol. The average molecular weight is 471 g/mol. The summed E-state index contributed by atoms with van der Waals surface area (Å²) < 4.78 is 7.58. The van der Waals surface area contributed by atoms with E-state index in [2.05, 4.69) is 21.9 Å². The number of ether oxygens (including phenoxy) is 1. The molecule has 2 saturated carbocycles. The second kappa shape index (κ2) is 7.93. The fraction of sp³-hybridized carbons (Fsp3) is 0.640. The first-order chi connectivity index (χ1) is 15.5. The van der Waals surface area contributed by atoms with Crippen LogP contribution in [0.15, 0.2) is 29.4 Å². The van der Waals surface area contributed by atoms with Gasteiger partial charge in [-0.15, -0.1) is 11.8 Å². The Bertz CT molecular complexity index is 1070. The molecule has 2 aromatic rings. The first-order valence-corrected chi connectivity index (χ1v) is 12.9. The summed E-state index contributed by atoms with van der Waals surface area (Å²) in [4.78, 5) is 33.1. The van der Waals surface area contributed by atoms with Gasteiger partial charge in [-0.05, 0) is 77.3 Å². The van der Waals surface area contributed by atoms with Crippen LogP contribution in [-0.4, -0.2) is 50.7 Å². The number of imidazole rings is 1. The molecule has 2 aliphatic carbocycles. The number of hydrogen-bond donors (Lipinski definition) is 1. The monoisotopic (exact) mass is 470 g/mol. The van der Waals surface area contributed by atoms with Gasteiger partial charge in [-0.2, -0.15) is 0 Å². The number of carbonyl (C=O) groups is 2. The van der Waals surface area contributed by atoms with Gasteiger partial charge in [0, 0.05) is 35.9 Å². The topological polar surface area (TPSA) is 75.9 Å². The zero-order valence-electron chi connectivity index (χ0n) is 20.1. The van der Waals surface area contributed by atoms with Gasteiger partial charge in [-0.25, -0.2) is 9.78 Å². The van der Waals surface area contributed by atoms with Crippen LogP contribution in [0.3, 0.4) is 0 Å². The van der Waals surface area contributed by atoms with E-state index in [4.69, 9.17) is 9.72 Å². The number of aromatic nitrogens is 2. The van der Waals surface area contributed by atoms with E-state index >= 15 is 0 Å². The van der Waals surface area contributed by atoms with Gasteiger partial charge in [0.25, 0.3) is 0 Å². The van der Waals surface area contributed by atoms with Crippen molar-refractivity contribution in [3.8, 4) is 0 Å². The molecular weight excluding hydrogens is 436 g/mol. The Balaban J connectivity index is 1.22. The minimum Gasteiger partial charge on any atom is -0.444 e. The molecule has 1 saturated heterocycles. The number of nitrogens with zero attached hydrogens (tertiary/aromatic N) is 3. The van der Waals surface area contributed by atoms with E-state index in [1.807, 2.05) is 58.8 Å². The van der Waals surface area contributed by atoms with Crippen molar-refractivity contribution in [2.45, 2.75) is 63.5 Å². The lowest BCUT2D eigenvalue weighted by Crippen LogP contribution is -2.45. The van der Waals surface area contributed by atoms with E-state index in [1.165, 1.54) is 17.7 Å². The van der Waals surface area contributed by atoms with Crippen LogP contribution in [0, 0.1) is 23.7 Å². The zero-order valence-corrected chi connectivity index (χ0v) is 20.9. The quantitative estimate of drug-likeness (QED) is 0.637. The summed E-state index contributed by atoms with van der Waals surface area (Å²) >= 11 is 1.90. The molecule has 2 aromatic heterocycles. The summed E-state index contributed by atoms with van der Waals surface area (Å²) in [5, 5.41) is 3.24. The summed E-state index contributed by atoms with van der Waals surface area (Å²) in [6.45, 7) is 10.8. The highest BCUT2D eigenvalue weighted by atomic mass is 32.2. The number of fused-ring (bicyclic) bond motifs is 2. The highest BCUT2D eigenvalue weighted by Gasteiger charge is 2.61. The maximum atomic E-state index is 13.1. The third-order valence-electron chi connectivity index (χ3n) is 6.85. The molecular formula is C25H34N4O3S. The number of nitrogens with one attached hydrogen (secondary N) is 1. The van der Waals surface area contributed by atoms with Crippen molar-refractivity contribution in [1.82, 2.24) is 19.6 Å². The van der Waals surface area contributed by atoms with Gasteiger partial charge in [-0.1, -0.05) is 0 Å². The van der Waals surface area contributed by atoms with Gasteiger partial charge in [0.05, 0.1) is 17.3 Å². The fourth-order valence-electron chi connectivity index (χ4n) is 4.91. The first kappa shape index (κ1) is 22.6. The molecule has 1 N–H and O–H groups in total. The molecule has 33 heavy (non-hydrogen) atoms. The lowest BCUT2D eigenvalue weighted by Gasteiger charge is -2.27. The Kier molecular flexibility index (Phi) is 5.42. The molecule has 3 heterocycles. The van der Waals surface area contributed by atoms with E-state index in [1.54, 1.807) is 4.90 Å². The van der Waals surface area contributed by atoms with Crippen molar-refractivity contribution >= 4 is 29.3 Å². The number of thioether (sulfide) groups is 1. The largest absolute Gasteiger partial charge is 0.444 e. The average Bonchev–Trinajstić information content (AvgIpc) is 3.57.